The molecule has 42 valence electrons. The van der Waals surface area contributed by atoms with Crippen molar-refractivity contribution in [3.63, 3.8) is 0 Å². The highest BCUT2D eigenvalue weighted by molar-refractivity contribution is 7.78. The van der Waals surface area contributed by atoms with Crippen molar-refractivity contribution in [1.82, 2.24) is 4.41 Å². The molecule has 0 heterocycles. The first-order valence-corrected chi connectivity index (χ1v) is 1.79. The molecule has 0 spiro atoms. The molecule has 5 N–H and O–H groups in total. The van der Waals surface area contributed by atoms with E-state index in [1.807, 2.05) is 0 Å². The Kier molecular flexibility index (Phi) is 2.31. The van der Waals surface area contributed by atoms with E-state index in [9.17, 15) is 0 Å². The van der Waals surface area contributed by atoms with Crippen molar-refractivity contribution >= 4 is 18.8 Å². The highest BCUT2D eigenvalue weighted by Crippen LogP contribution is 1.76. The summed E-state index contributed by atoms with van der Waals surface area (Å²) in [6, 6.07) is 0. The minimum atomic E-state index is -0.247. The molecule has 0 radical (unpaired) electrons. The minimum Gasteiger partial charge on any atom is -0.408 e. The Morgan fingerprint density at radius 1 is 1.86 bits per heavy atom. The number of hydrogen-bond donors (Lipinski definition) is 4. The third kappa shape index (κ3) is 2.12. The third-order valence-electron chi connectivity index (χ3n) is 0.337. The monoisotopic (exact) mass is 122 g/mol. The van der Waals surface area contributed by atoms with E-state index in [1.54, 1.807) is 0 Å². The average Bonchev–Trinajstić information content (AvgIpc) is 1.65. The number of guanidine groups is 1. The molecule has 0 bridgehead atoms. The summed E-state index contributed by atoms with van der Waals surface area (Å²) in [4.78, 5) is 0. The fourth-order valence-electron chi connectivity index (χ4n) is 0.0458. The Bertz CT molecular complexity index is 79.8. The SMILES string of the molecule is NC(=NO)N(N)S. The molecule has 0 saturated carbocycles. The lowest BCUT2D eigenvalue weighted by atomic mass is 11.1. The van der Waals surface area contributed by atoms with Crippen molar-refractivity contribution in [2.45, 2.75) is 0 Å². The predicted molar refractivity (Wildman–Crippen MR) is 28.4 cm³/mol. The molecule has 5 nitrogen and oxygen atoms in total. The molecule has 0 rings (SSSR count). The number of nitrogens with two attached hydrogens (primary N) is 2. The van der Waals surface area contributed by atoms with Crippen LogP contribution in [0.25, 0.3) is 0 Å². The lowest BCUT2D eigenvalue weighted by molar-refractivity contribution is 0.312. The summed E-state index contributed by atoms with van der Waals surface area (Å²) in [6.45, 7) is 0. The predicted octanol–water partition coefficient (Wildman–Crippen LogP) is -1.29. The molecular weight excluding hydrogens is 116 g/mol. The first-order valence-electron chi connectivity index (χ1n) is 1.39. The Balaban J connectivity index is 3.56. The molecule has 0 unspecified atom stereocenters. The van der Waals surface area contributed by atoms with Crippen molar-refractivity contribution in [1.29, 1.82) is 0 Å². The maximum atomic E-state index is 7.80. The van der Waals surface area contributed by atoms with Crippen molar-refractivity contribution in [2.75, 3.05) is 0 Å². The van der Waals surface area contributed by atoms with Crippen LogP contribution in [0, 0.1) is 0 Å². The van der Waals surface area contributed by atoms with Gasteiger partial charge in [0, 0.05) is 0 Å². The molecule has 7 heavy (non-hydrogen) atoms. The zero-order chi connectivity index (χ0) is 5.86. The van der Waals surface area contributed by atoms with Gasteiger partial charge in [0.25, 0.3) is 5.96 Å². The largest absolute Gasteiger partial charge is 0.408 e. The van der Waals surface area contributed by atoms with E-state index in [0.29, 0.717) is 4.41 Å². The number of thiol groups is 1. The van der Waals surface area contributed by atoms with Crippen molar-refractivity contribution in [2.24, 2.45) is 16.7 Å². The molecule has 0 fully saturated rings. The molecule has 0 saturated heterocycles. The minimum absolute atomic E-state index is 0.247. The maximum absolute atomic E-state index is 7.80. The molecule has 0 aromatic carbocycles. The molecule has 0 aliphatic heterocycles. The number of hydrazine groups is 1. The summed E-state index contributed by atoms with van der Waals surface area (Å²) < 4.78 is 0.694. The van der Waals surface area contributed by atoms with Crippen LogP contribution in [0.4, 0.5) is 0 Å². The highest BCUT2D eigenvalue weighted by Gasteiger charge is 1.91. The third-order valence-corrected chi connectivity index (χ3v) is 0.542. The van der Waals surface area contributed by atoms with Crippen LogP contribution in [-0.4, -0.2) is 15.6 Å². The van der Waals surface area contributed by atoms with Gasteiger partial charge >= 0.3 is 0 Å². The molecular formula is CH6N4OS. The molecule has 0 aliphatic rings. The summed E-state index contributed by atoms with van der Waals surface area (Å²) in [5, 5.41) is 10.3. The van der Waals surface area contributed by atoms with Crippen LogP contribution in [0.5, 0.6) is 0 Å². The second kappa shape index (κ2) is 2.54. The van der Waals surface area contributed by atoms with E-state index >= 15 is 0 Å². The number of oxime groups is 1. The molecule has 0 aromatic rings. The van der Waals surface area contributed by atoms with Gasteiger partial charge in [0.15, 0.2) is 0 Å². The Hall–Kier alpha value is -0.620. The smallest absolute Gasteiger partial charge is 0.257 e. The van der Waals surface area contributed by atoms with Crippen molar-refractivity contribution in [3.05, 3.63) is 0 Å². The molecule has 0 aromatic heterocycles. The van der Waals surface area contributed by atoms with Crippen LogP contribution >= 0.6 is 12.8 Å². The van der Waals surface area contributed by atoms with Gasteiger partial charge in [-0.3, -0.25) is 0 Å². The van der Waals surface area contributed by atoms with E-state index in [4.69, 9.17) is 16.8 Å². The van der Waals surface area contributed by atoms with E-state index in [1.165, 1.54) is 0 Å². The van der Waals surface area contributed by atoms with Crippen molar-refractivity contribution in [3.8, 4) is 0 Å². The van der Waals surface area contributed by atoms with Gasteiger partial charge in [0.1, 0.15) is 0 Å². The molecule has 6 heteroatoms. The van der Waals surface area contributed by atoms with Gasteiger partial charge in [-0.1, -0.05) is 0 Å². The van der Waals surface area contributed by atoms with E-state index in [2.05, 4.69) is 18.0 Å². The van der Waals surface area contributed by atoms with E-state index in [0.717, 1.165) is 0 Å². The van der Waals surface area contributed by atoms with E-state index < -0.39 is 0 Å². The van der Waals surface area contributed by atoms with Crippen LogP contribution in [0.15, 0.2) is 5.16 Å². The molecule has 0 aliphatic carbocycles. The Morgan fingerprint density at radius 3 is 2.29 bits per heavy atom. The van der Waals surface area contributed by atoms with Crippen LogP contribution in [0.3, 0.4) is 0 Å². The second-order valence-corrected chi connectivity index (χ2v) is 1.23. The lowest BCUT2D eigenvalue weighted by Gasteiger charge is -2.03. The fourth-order valence-corrected chi connectivity index (χ4v) is 0.0858. The molecule has 0 amide bonds. The lowest BCUT2D eigenvalue weighted by Crippen LogP contribution is -2.34. The van der Waals surface area contributed by atoms with Gasteiger partial charge in [-0.2, -0.15) is 0 Å². The normalized spacial score (nSPS) is 11.4. The Labute approximate surface area is 46.1 Å². The van der Waals surface area contributed by atoms with Crippen molar-refractivity contribution < 1.29 is 5.21 Å². The number of hydrogen-bond acceptors (Lipinski definition) is 4. The van der Waals surface area contributed by atoms with Gasteiger partial charge in [0.2, 0.25) is 0 Å². The topological polar surface area (TPSA) is 87.9 Å². The average molecular weight is 122 g/mol. The van der Waals surface area contributed by atoms with Gasteiger partial charge in [-0.25, -0.2) is 10.3 Å². The number of nitrogens with zero attached hydrogens (tertiary/aromatic N) is 2. The van der Waals surface area contributed by atoms with Gasteiger partial charge in [0.05, 0.1) is 0 Å². The van der Waals surface area contributed by atoms with Crippen LogP contribution in [-0.2, 0) is 0 Å². The maximum Gasteiger partial charge on any atom is 0.257 e. The highest BCUT2D eigenvalue weighted by atomic mass is 32.1. The van der Waals surface area contributed by atoms with E-state index in [-0.39, 0.29) is 5.96 Å². The Morgan fingerprint density at radius 2 is 2.29 bits per heavy atom. The molecule has 0 atom stereocenters. The quantitative estimate of drug-likeness (QED) is 0.0803. The fraction of sp³-hybridized carbons (Fsp3) is 0. The van der Waals surface area contributed by atoms with Gasteiger partial charge < -0.3 is 10.9 Å². The second-order valence-electron chi connectivity index (χ2n) is 0.803. The first-order chi connectivity index (χ1) is 3.18. The first kappa shape index (κ1) is 6.38. The zero-order valence-corrected chi connectivity index (χ0v) is 4.34. The van der Waals surface area contributed by atoms with Gasteiger partial charge in [-0.15, -0.1) is 0 Å². The zero-order valence-electron chi connectivity index (χ0n) is 3.44. The van der Waals surface area contributed by atoms with Crippen LogP contribution in [0.2, 0.25) is 0 Å². The number of rotatable bonds is 0. The van der Waals surface area contributed by atoms with Crippen LogP contribution < -0.4 is 11.6 Å². The summed E-state index contributed by atoms with van der Waals surface area (Å²) in [6.07, 6.45) is 0. The summed E-state index contributed by atoms with van der Waals surface area (Å²) in [7, 11) is 0. The van der Waals surface area contributed by atoms with Gasteiger partial charge in [-0.05, 0) is 18.0 Å². The summed E-state index contributed by atoms with van der Waals surface area (Å²) >= 11 is 3.47. The standard InChI is InChI=1S/CH6N4OS/c2-1(4-6)5(3)7/h6-7H,3H2,(H2,2,4). The van der Waals surface area contributed by atoms with Crippen LogP contribution in [0.1, 0.15) is 0 Å². The summed E-state index contributed by atoms with van der Waals surface area (Å²) in [5.41, 5.74) is 4.84. The summed E-state index contributed by atoms with van der Waals surface area (Å²) in [5.74, 6) is 4.58.